The molecule has 0 aliphatic carbocycles. The molecule has 0 aliphatic heterocycles. The molecule has 5 heteroatoms. The van der Waals surface area contributed by atoms with E-state index in [9.17, 15) is 9.90 Å². The minimum Gasteiger partial charge on any atom is -0.550 e. The molecule has 0 rings (SSSR count). The molecule has 0 aromatic heterocycles. The Hall–Kier alpha value is -0.650. The van der Waals surface area contributed by atoms with Crippen LogP contribution in [-0.4, -0.2) is 46.5 Å². The Kier molecular flexibility index (Phi) is 21.4. The molecule has 0 aromatic rings. The zero-order valence-corrected chi connectivity index (χ0v) is 12.8. The second kappa shape index (κ2) is 19.7. The summed E-state index contributed by atoms with van der Waals surface area (Å²) >= 11 is 0. The van der Waals surface area contributed by atoms with Crippen LogP contribution >= 0.6 is 0 Å². The minimum absolute atomic E-state index is 0.226. The normalized spacial score (nSPS) is 9.84. The van der Waals surface area contributed by atoms with Gasteiger partial charge in [-0.15, -0.1) is 0 Å². The first-order valence-electron chi connectivity index (χ1n) is 7.18. The van der Waals surface area contributed by atoms with Crippen LogP contribution in [0.5, 0.6) is 0 Å². The third kappa shape index (κ3) is 26.8. The molecular weight excluding hydrogens is 246 g/mol. The van der Waals surface area contributed by atoms with Crippen LogP contribution in [-0.2, 0) is 14.3 Å². The first kappa shape index (κ1) is 20.7. The maximum atomic E-state index is 9.92. The highest BCUT2D eigenvalue weighted by Gasteiger charge is 1.88. The van der Waals surface area contributed by atoms with Crippen LogP contribution in [0.4, 0.5) is 0 Å². The number of nitrogens with two attached hydrogens (primary N) is 1. The molecule has 0 bridgehead atoms. The van der Waals surface area contributed by atoms with E-state index < -0.39 is 5.97 Å². The molecule has 2 N–H and O–H groups in total. The molecule has 0 radical (unpaired) electrons. The van der Waals surface area contributed by atoms with Gasteiger partial charge in [0.2, 0.25) is 0 Å². The molecule has 0 atom stereocenters. The molecule has 0 heterocycles. The third-order valence-corrected chi connectivity index (χ3v) is 2.54. The van der Waals surface area contributed by atoms with Crippen LogP contribution in [0.3, 0.4) is 0 Å². The van der Waals surface area contributed by atoms with Gasteiger partial charge in [-0.25, -0.2) is 0 Å². The van der Waals surface area contributed by atoms with Crippen LogP contribution in [0, 0.1) is 0 Å². The Morgan fingerprint density at radius 2 is 1.53 bits per heavy atom. The summed E-state index contributed by atoms with van der Waals surface area (Å²) < 4.78 is 9.70. The second-order valence-corrected chi connectivity index (χ2v) is 4.39. The lowest BCUT2D eigenvalue weighted by Gasteiger charge is -2.00. The highest BCUT2D eigenvalue weighted by atomic mass is 16.5. The predicted molar refractivity (Wildman–Crippen MR) is 73.8 cm³/mol. The number of carboxylic acids is 1. The topological polar surface area (TPSA) is 75.2 Å². The fourth-order valence-corrected chi connectivity index (χ4v) is 1.42. The van der Waals surface area contributed by atoms with Gasteiger partial charge in [0, 0.05) is 20.2 Å². The predicted octanol–water partition coefficient (Wildman–Crippen LogP) is -0.0606. The number of rotatable bonds is 12. The summed E-state index contributed by atoms with van der Waals surface area (Å²) in [7, 11) is 3.42. The molecule has 0 fully saturated rings. The van der Waals surface area contributed by atoms with Crippen molar-refractivity contribution in [1.29, 1.82) is 0 Å². The molecule has 0 unspecified atom stereocenters. The smallest absolute Gasteiger partial charge is 0.0993 e. The zero-order chi connectivity index (χ0) is 14.8. The van der Waals surface area contributed by atoms with Crippen LogP contribution < -0.4 is 10.4 Å². The minimum atomic E-state index is -0.920. The fourth-order valence-electron chi connectivity index (χ4n) is 1.42. The first-order valence-corrected chi connectivity index (χ1v) is 7.18. The van der Waals surface area contributed by atoms with E-state index >= 15 is 0 Å². The third-order valence-electron chi connectivity index (χ3n) is 2.54. The first-order chi connectivity index (χ1) is 9.18. The Morgan fingerprint density at radius 1 is 1.00 bits per heavy atom. The Morgan fingerprint density at radius 3 is 1.95 bits per heavy atom. The molecular formula is C14H31NO4. The van der Waals surface area contributed by atoms with Crippen molar-refractivity contribution in [2.24, 2.45) is 0 Å². The largest absolute Gasteiger partial charge is 0.550 e. The quantitative estimate of drug-likeness (QED) is 0.507. The molecule has 0 amide bonds. The molecule has 0 aliphatic rings. The van der Waals surface area contributed by atoms with E-state index in [1.54, 1.807) is 14.2 Å². The number of carbonyl (C=O) groups excluding carboxylic acids is 1. The number of methoxy groups -OCH3 is 2. The van der Waals surface area contributed by atoms with Crippen molar-refractivity contribution in [2.45, 2.75) is 45.4 Å². The molecule has 0 saturated carbocycles. The number of ether oxygens (including phenoxy) is 2. The molecule has 5 nitrogen and oxygen atoms in total. The maximum Gasteiger partial charge on any atom is 0.0993 e. The Bertz CT molecular complexity index is 171. The summed E-state index contributed by atoms with van der Waals surface area (Å²) in [6.45, 7) is 5.84. The van der Waals surface area contributed by atoms with E-state index in [4.69, 9.17) is 9.47 Å². The molecule has 19 heavy (non-hydrogen) atoms. The van der Waals surface area contributed by atoms with Gasteiger partial charge in [-0.05, 0) is 12.8 Å². The zero-order valence-electron chi connectivity index (χ0n) is 12.8. The highest BCUT2D eigenvalue weighted by molar-refractivity contribution is 5.63. The lowest BCUT2D eigenvalue weighted by molar-refractivity contribution is -0.657. The lowest BCUT2D eigenvalue weighted by Crippen LogP contribution is -2.86. The summed E-state index contributed by atoms with van der Waals surface area (Å²) in [5.41, 5.74) is 0. The molecule has 0 saturated heterocycles. The summed E-state index contributed by atoms with van der Waals surface area (Å²) in [6.07, 6.45) is 5.61. The van der Waals surface area contributed by atoms with Gasteiger partial charge in [0.15, 0.2) is 0 Å². The van der Waals surface area contributed by atoms with Gasteiger partial charge in [0.1, 0.15) is 0 Å². The van der Waals surface area contributed by atoms with Crippen molar-refractivity contribution < 1.29 is 24.7 Å². The summed E-state index contributed by atoms with van der Waals surface area (Å²) in [6, 6.07) is 0. The van der Waals surface area contributed by atoms with Crippen LogP contribution in [0.2, 0.25) is 0 Å². The highest BCUT2D eigenvalue weighted by Crippen LogP contribution is 2.03. The van der Waals surface area contributed by atoms with Crippen molar-refractivity contribution >= 4 is 5.97 Å². The van der Waals surface area contributed by atoms with E-state index in [1.807, 2.05) is 0 Å². The lowest BCUT2D eigenvalue weighted by atomic mass is 10.1. The number of hydrogen-bond acceptors (Lipinski definition) is 4. The van der Waals surface area contributed by atoms with E-state index in [0.717, 1.165) is 45.6 Å². The van der Waals surface area contributed by atoms with Crippen LogP contribution in [0.1, 0.15) is 45.4 Å². The fraction of sp³-hybridized carbons (Fsp3) is 0.929. The van der Waals surface area contributed by atoms with E-state index in [-0.39, 0.29) is 6.42 Å². The Labute approximate surface area is 117 Å². The SMILES string of the molecule is CCCCCCCC(=O)[O-].COCC[NH2+]CCOC. The van der Waals surface area contributed by atoms with Crippen LogP contribution in [0.15, 0.2) is 0 Å². The molecule has 116 valence electrons. The molecule has 0 spiro atoms. The number of carbonyl (C=O) groups is 1. The van der Waals surface area contributed by atoms with Crippen molar-refractivity contribution in [2.75, 3.05) is 40.5 Å². The van der Waals surface area contributed by atoms with Gasteiger partial charge >= 0.3 is 0 Å². The van der Waals surface area contributed by atoms with E-state index in [1.165, 1.54) is 12.8 Å². The van der Waals surface area contributed by atoms with Crippen LogP contribution in [0.25, 0.3) is 0 Å². The summed E-state index contributed by atoms with van der Waals surface area (Å²) in [5.74, 6) is -0.920. The van der Waals surface area contributed by atoms with Crippen molar-refractivity contribution in [3.05, 3.63) is 0 Å². The maximum absolute atomic E-state index is 9.92. The van der Waals surface area contributed by atoms with Crippen molar-refractivity contribution in [1.82, 2.24) is 0 Å². The average molecular weight is 277 g/mol. The van der Waals surface area contributed by atoms with Crippen molar-refractivity contribution in [3.8, 4) is 0 Å². The summed E-state index contributed by atoms with van der Waals surface area (Å²) in [5, 5.41) is 12.1. The van der Waals surface area contributed by atoms with E-state index in [0.29, 0.717) is 0 Å². The number of aliphatic carboxylic acids is 1. The second-order valence-electron chi connectivity index (χ2n) is 4.39. The number of quaternary nitrogens is 1. The average Bonchev–Trinajstić information content (AvgIpc) is 2.39. The summed E-state index contributed by atoms with van der Waals surface area (Å²) in [4.78, 5) is 9.92. The van der Waals surface area contributed by atoms with Gasteiger partial charge in [0.05, 0.1) is 26.3 Å². The van der Waals surface area contributed by atoms with E-state index in [2.05, 4.69) is 12.2 Å². The number of hydrogen-bond donors (Lipinski definition) is 1. The van der Waals surface area contributed by atoms with Gasteiger partial charge in [0.25, 0.3) is 0 Å². The van der Waals surface area contributed by atoms with Gasteiger partial charge in [-0.2, -0.15) is 0 Å². The number of carboxylic acid groups (broad SMARTS) is 1. The Balaban J connectivity index is 0. The molecule has 0 aromatic carbocycles. The number of unbranched alkanes of at least 4 members (excludes halogenated alkanes) is 4. The monoisotopic (exact) mass is 277 g/mol. The van der Waals surface area contributed by atoms with Gasteiger partial charge < -0.3 is 24.7 Å². The van der Waals surface area contributed by atoms with Gasteiger partial charge in [-0.3, -0.25) is 0 Å². The van der Waals surface area contributed by atoms with Crippen molar-refractivity contribution in [3.63, 3.8) is 0 Å². The standard InChI is InChI=1S/C8H16O2.C6H15NO2/c1-2-3-4-5-6-7-8(9)10;1-8-5-3-7-4-6-9-2/h2-7H2,1H3,(H,9,10);7H,3-6H2,1-2H3. The van der Waals surface area contributed by atoms with Gasteiger partial charge in [-0.1, -0.05) is 32.6 Å².